The first-order valence-corrected chi connectivity index (χ1v) is 17.6. The van der Waals surface area contributed by atoms with Crippen LogP contribution in [-0.2, 0) is 32.6 Å². The highest BCUT2D eigenvalue weighted by atomic mass is 79.9. The number of anilines is 1. The Kier molecular flexibility index (Phi) is 12.6. The second kappa shape index (κ2) is 16.6. The molecule has 0 saturated carbocycles. The minimum Gasteiger partial charge on any atom is -0.494 e. The summed E-state index contributed by atoms with van der Waals surface area (Å²) in [6, 6.07) is 26.5. The van der Waals surface area contributed by atoms with Crippen molar-refractivity contribution in [3.63, 3.8) is 0 Å². The van der Waals surface area contributed by atoms with Crippen LogP contribution in [0.25, 0.3) is 0 Å². The number of halogens is 2. The summed E-state index contributed by atoms with van der Waals surface area (Å²) in [5.74, 6) is -0.717. The van der Waals surface area contributed by atoms with E-state index in [-0.39, 0.29) is 35.4 Å². The molecule has 1 unspecified atom stereocenters. The molecule has 11 heteroatoms. The second-order valence-corrected chi connectivity index (χ2v) is 14.2. The lowest BCUT2D eigenvalue weighted by molar-refractivity contribution is -0.140. The van der Waals surface area contributed by atoms with Gasteiger partial charge in [0.15, 0.2) is 0 Å². The molecule has 4 aromatic rings. The molecule has 0 aliphatic rings. The van der Waals surface area contributed by atoms with E-state index in [9.17, 15) is 22.4 Å². The lowest BCUT2D eigenvalue weighted by Gasteiger charge is -2.34. The highest BCUT2D eigenvalue weighted by Gasteiger charge is 2.34. The van der Waals surface area contributed by atoms with Gasteiger partial charge >= 0.3 is 0 Å². The minimum atomic E-state index is -4.26. The number of amides is 2. The molecule has 0 aromatic heterocycles. The molecule has 248 valence electrons. The van der Waals surface area contributed by atoms with E-state index in [1.807, 2.05) is 51.1 Å². The Morgan fingerprint density at radius 1 is 0.872 bits per heavy atom. The fourth-order valence-corrected chi connectivity index (χ4v) is 6.58. The molecule has 0 heterocycles. The number of rotatable bonds is 15. The Morgan fingerprint density at radius 3 is 2.11 bits per heavy atom. The molecule has 4 rings (SSSR count). The van der Waals surface area contributed by atoms with Crippen molar-refractivity contribution in [3.05, 3.63) is 125 Å². The standard InChI is InChI=1S/C36H39BrFN3O5S/c1-4-46-32-18-16-31(17-19-32)41(47(44,45)33-20-12-29(37)13-21-33)25-35(42)40(24-28-10-14-30(38)15-11-28)34(36(43)39-23-26(2)3)22-27-8-6-5-7-9-27/h5-21,26,34H,4,22-25H2,1-3H3,(H,39,43). The third kappa shape index (κ3) is 9.89. The van der Waals surface area contributed by atoms with Gasteiger partial charge in [0.1, 0.15) is 24.2 Å². The van der Waals surface area contributed by atoms with Crippen molar-refractivity contribution in [1.82, 2.24) is 10.2 Å². The van der Waals surface area contributed by atoms with Crippen LogP contribution in [0.5, 0.6) is 5.75 Å². The van der Waals surface area contributed by atoms with Crippen molar-refractivity contribution in [1.29, 1.82) is 0 Å². The van der Waals surface area contributed by atoms with Gasteiger partial charge < -0.3 is 15.0 Å². The number of benzene rings is 4. The zero-order chi connectivity index (χ0) is 34.0. The van der Waals surface area contributed by atoms with E-state index in [0.29, 0.717) is 28.9 Å². The molecule has 0 aliphatic carbocycles. The van der Waals surface area contributed by atoms with E-state index in [4.69, 9.17) is 4.74 Å². The first kappa shape index (κ1) is 35.6. The van der Waals surface area contributed by atoms with Gasteiger partial charge in [-0.25, -0.2) is 12.8 Å². The van der Waals surface area contributed by atoms with Crippen molar-refractivity contribution in [2.75, 3.05) is 24.0 Å². The molecular formula is C36H39BrFN3O5S. The zero-order valence-electron chi connectivity index (χ0n) is 26.6. The van der Waals surface area contributed by atoms with Crippen molar-refractivity contribution < 1.29 is 27.1 Å². The summed E-state index contributed by atoms with van der Waals surface area (Å²) in [7, 11) is -4.26. The fraction of sp³-hybridized carbons (Fsp3) is 0.278. The van der Waals surface area contributed by atoms with Crippen LogP contribution in [0.2, 0.25) is 0 Å². The predicted molar refractivity (Wildman–Crippen MR) is 185 cm³/mol. The van der Waals surface area contributed by atoms with Crippen LogP contribution in [0, 0.1) is 11.7 Å². The van der Waals surface area contributed by atoms with Crippen LogP contribution < -0.4 is 14.4 Å². The van der Waals surface area contributed by atoms with Crippen LogP contribution in [0.4, 0.5) is 10.1 Å². The maximum Gasteiger partial charge on any atom is 0.264 e. The second-order valence-electron chi connectivity index (χ2n) is 11.4. The smallest absolute Gasteiger partial charge is 0.264 e. The quantitative estimate of drug-likeness (QED) is 0.149. The summed E-state index contributed by atoms with van der Waals surface area (Å²) in [6.07, 6.45) is 0.181. The SMILES string of the molecule is CCOc1ccc(N(CC(=O)N(Cc2ccc(F)cc2)C(Cc2ccccc2)C(=O)NCC(C)C)S(=O)(=O)c2ccc(Br)cc2)cc1. The molecule has 1 N–H and O–H groups in total. The predicted octanol–water partition coefficient (Wildman–Crippen LogP) is 6.59. The lowest BCUT2D eigenvalue weighted by atomic mass is 10.0. The van der Waals surface area contributed by atoms with E-state index in [1.54, 1.807) is 48.5 Å². The van der Waals surface area contributed by atoms with Crippen molar-refractivity contribution >= 4 is 43.5 Å². The summed E-state index contributed by atoms with van der Waals surface area (Å²) in [5.41, 5.74) is 1.65. The van der Waals surface area contributed by atoms with Crippen LogP contribution in [0.3, 0.4) is 0 Å². The number of carbonyl (C=O) groups is 2. The van der Waals surface area contributed by atoms with Gasteiger partial charge in [0.2, 0.25) is 11.8 Å². The van der Waals surface area contributed by atoms with E-state index < -0.39 is 34.3 Å². The largest absolute Gasteiger partial charge is 0.494 e. The highest BCUT2D eigenvalue weighted by molar-refractivity contribution is 9.10. The molecule has 0 fully saturated rings. The van der Waals surface area contributed by atoms with Gasteiger partial charge in [0.05, 0.1) is 17.2 Å². The molecule has 0 spiro atoms. The molecule has 0 saturated heterocycles. The summed E-state index contributed by atoms with van der Waals surface area (Å²) < 4.78 is 49.5. The monoisotopic (exact) mass is 723 g/mol. The summed E-state index contributed by atoms with van der Waals surface area (Å²) >= 11 is 3.35. The van der Waals surface area contributed by atoms with Gasteiger partial charge in [0, 0.05) is 24.0 Å². The zero-order valence-corrected chi connectivity index (χ0v) is 29.0. The number of nitrogens with zero attached hydrogens (tertiary/aromatic N) is 2. The Labute approximate surface area is 284 Å². The number of hydrogen-bond acceptors (Lipinski definition) is 5. The maximum absolute atomic E-state index is 14.5. The van der Waals surface area contributed by atoms with Gasteiger partial charge in [-0.15, -0.1) is 0 Å². The molecule has 8 nitrogen and oxygen atoms in total. The van der Waals surface area contributed by atoms with Crippen LogP contribution in [0.1, 0.15) is 31.9 Å². The molecule has 4 aromatic carbocycles. The van der Waals surface area contributed by atoms with E-state index >= 15 is 0 Å². The topological polar surface area (TPSA) is 96.0 Å². The number of carbonyl (C=O) groups excluding carboxylic acids is 2. The fourth-order valence-electron chi connectivity index (χ4n) is 4.90. The summed E-state index contributed by atoms with van der Waals surface area (Å²) in [5, 5.41) is 2.95. The molecular weight excluding hydrogens is 685 g/mol. The van der Waals surface area contributed by atoms with Gasteiger partial charge in [-0.2, -0.15) is 0 Å². The highest BCUT2D eigenvalue weighted by Crippen LogP contribution is 2.28. The normalized spacial score (nSPS) is 12.0. The first-order valence-electron chi connectivity index (χ1n) is 15.3. The molecule has 0 aliphatic heterocycles. The Hall–Kier alpha value is -4.22. The molecule has 0 radical (unpaired) electrons. The Bertz CT molecular complexity index is 1720. The number of sulfonamides is 1. The van der Waals surface area contributed by atoms with Gasteiger partial charge in [-0.1, -0.05) is 72.2 Å². The van der Waals surface area contributed by atoms with Crippen LogP contribution in [0.15, 0.2) is 112 Å². The van der Waals surface area contributed by atoms with Crippen LogP contribution in [-0.4, -0.2) is 50.9 Å². The van der Waals surface area contributed by atoms with Gasteiger partial charge in [-0.3, -0.25) is 13.9 Å². The summed E-state index contributed by atoms with van der Waals surface area (Å²) in [4.78, 5) is 29.7. The lowest BCUT2D eigenvalue weighted by Crippen LogP contribution is -2.53. The Morgan fingerprint density at radius 2 is 1.51 bits per heavy atom. The van der Waals surface area contributed by atoms with Gasteiger partial charge in [0.25, 0.3) is 10.0 Å². The maximum atomic E-state index is 14.5. The van der Waals surface area contributed by atoms with Crippen molar-refractivity contribution in [2.24, 2.45) is 5.92 Å². The number of hydrogen-bond donors (Lipinski definition) is 1. The van der Waals surface area contributed by atoms with E-state index in [2.05, 4.69) is 21.2 Å². The van der Waals surface area contributed by atoms with E-state index in [0.717, 1.165) is 9.87 Å². The molecule has 0 bridgehead atoms. The van der Waals surface area contributed by atoms with Crippen LogP contribution >= 0.6 is 15.9 Å². The molecule has 2 amide bonds. The third-order valence-electron chi connectivity index (χ3n) is 7.34. The van der Waals surface area contributed by atoms with Crippen molar-refractivity contribution in [3.8, 4) is 5.75 Å². The first-order chi connectivity index (χ1) is 22.5. The van der Waals surface area contributed by atoms with E-state index in [1.165, 1.54) is 29.2 Å². The third-order valence-corrected chi connectivity index (χ3v) is 9.65. The summed E-state index contributed by atoms with van der Waals surface area (Å²) in [6.45, 7) is 5.94. The Balaban J connectivity index is 1.79. The van der Waals surface area contributed by atoms with Gasteiger partial charge in [-0.05, 0) is 84.6 Å². The average molecular weight is 725 g/mol. The average Bonchev–Trinajstić information content (AvgIpc) is 3.06. The molecule has 1 atom stereocenters. The van der Waals surface area contributed by atoms with Crippen molar-refractivity contribution in [2.45, 2.75) is 44.7 Å². The number of nitrogens with one attached hydrogen (secondary N) is 1. The minimum absolute atomic E-state index is 0.0111. The molecule has 47 heavy (non-hydrogen) atoms. The number of ether oxygens (including phenoxy) is 1.